The summed E-state index contributed by atoms with van der Waals surface area (Å²) in [6.45, 7) is 0. The summed E-state index contributed by atoms with van der Waals surface area (Å²) in [5.41, 5.74) is 0. The first-order chi connectivity index (χ1) is 6.20. The lowest BCUT2D eigenvalue weighted by Crippen LogP contribution is -2.38. The third-order valence-electron chi connectivity index (χ3n) is 3.67. The number of hydrogen-bond donors (Lipinski definition) is 1. The van der Waals surface area contributed by atoms with Crippen LogP contribution in [-0.4, -0.2) is 31.2 Å². The molecule has 0 spiro atoms. The second kappa shape index (κ2) is 3.23. The Morgan fingerprint density at radius 1 is 1.15 bits per heavy atom. The van der Waals surface area contributed by atoms with Crippen LogP contribution in [0.1, 0.15) is 25.7 Å². The van der Waals surface area contributed by atoms with E-state index in [1.165, 1.54) is 0 Å². The largest absolute Gasteiger partial charge is 0.393 e. The topological polar surface area (TPSA) is 38.7 Å². The Morgan fingerprint density at radius 3 is 2.46 bits per heavy atom. The standard InChI is InChI=1S/C10H18O3/c1-12-10(13-2)6-7-3-8(10)5-9(11)4-7/h7-9,11H,3-6H2,1-2H3. The molecule has 3 unspecified atom stereocenters. The van der Waals surface area contributed by atoms with E-state index in [0.29, 0.717) is 11.8 Å². The van der Waals surface area contributed by atoms with Gasteiger partial charge in [0.1, 0.15) is 0 Å². The van der Waals surface area contributed by atoms with Gasteiger partial charge in [-0.05, 0) is 25.2 Å². The van der Waals surface area contributed by atoms with Crippen LogP contribution < -0.4 is 0 Å². The normalized spacial score (nSPS) is 42.2. The fourth-order valence-electron chi connectivity index (χ4n) is 3.08. The van der Waals surface area contributed by atoms with Crippen LogP contribution in [-0.2, 0) is 9.47 Å². The fraction of sp³-hybridized carbons (Fsp3) is 1.00. The molecule has 2 aliphatic rings. The molecule has 0 aromatic heterocycles. The molecule has 0 aliphatic heterocycles. The SMILES string of the molecule is COC1(OC)CC2CC(O)CC1C2. The predicted molar refractivity (Wildman–Crippen MR) is 48.2 cm³/mol. The predicted octanol–water partition coefficient (Wildman–Crippen LogP) is 1.16. The summed E-state index contributed by atoms with van der Waals surface area (Å²) in [6, 6.07) is 0. The summed E-state index contributed by atoms with van der Waals surface area (Å²) in [6.07, 6.45) is 3.71. The smallest absolute Gasteiger partial charge is 0.170 e. The van der Waals surface area contributed by atoms with Gasteiger partial charge in [-0.15, -0.1) is 0 Å². The van der Waals surface area contributed by atoms with Gasteiger partial charge in [-0.3, -0.25) is 0 Å². The molecule has 2 saturated carbocycles. The van der Waals surface area contributed by atoms with Crippen LogP contribution >= 0.6 is 0 Å². The average Bonchev–Trinajstić information content (AvgIpc) is 2.38. The number of methoxy groups -OCH3 is 2. The van der Waals surface area contributed by atoms with Crippen LogP contribution in [0.25, 0.3) is 0 Å². The van der Waals surface area contributed by atoms with Crippen molar-refractivity contribution in [2.24, 2.45) is 11.8 Å². The highest BCUT2D eigenvalue weighted by atomic mass is 16.7. The molecule has 13 heavy (non-hydrogen) atoms. The van der Waals surface area contributed by atoms with E-state index in [9.17, 15) is 5.11 Å². The van der Waals surface area contributed by atoms with Crippen LogP contribution in [0.15, 0.2) is 0 Å². The Balaban J connectivity index is 2.16. The molecule has 2 aliphatic carbocycles. The molecule has 0 aromatic carbocycles. The first kappa shape index (κ1) is 9.44. The molecule has 3 heteroatoms. The highest BCUT2D eigenvalue weighted by molar-refractivity contribution is 4.96. The number of aliphatic hydroxyl groups is 1. The number of fused-ring (bicyclic) bond motifs is 2. The summed E-state index contributed by atoms with van der Waals surface area (Å²) in [5, 5.41) is 9.60. The zero-order chi connectivity index (χ0) is 9.47. The van der Waals surface area contributed by atoms with Crippen LogP contribution in [0.3, 0.4) is 0 Å². The van der Waals surface area contributed by atoms with E-state index in [2.05, 4.69) is 0 Å². The summed E-state index contributed by atoms with van der Waals surface area (Å²) >= 11 is 0. The summed E-state index contributed by atoms with van der Waals surface area (Å²) < 4.78 is 11.0. The zero-order valence-electron chi connectivity index (χ0n) is 8.32. The zero-order valence-corrected chi connectivity index (χ0v) is 8.32. The average molecular weight is 186 g/mol. The van der Waals surface area contributed by atoms with Crippen LogP contribution in [0.4, 0.5) is 0 Å². The molecule has 2 rings (SSSR count). The summed E-state index contributed by atoms with van der Waals surface area (Å²) in [4.78, 5) is 0. The Bertz CT molecular complexity index is 189. The number of aliphatic hydroxyl groups excluding tert-OH is 1. The highest BCUT2D eigenvalue weighted by Crippen LogP contribution is 2.50. The van der Waals surface area contributed by atoms with Crippen molar-refractivity contribution in [1.82, 2.24) is 0 Å². The van der Waals surface area contributed by atoms with E-state index >= 15 is 0 Å². The third-order valence-corrected chi connectivity index (χ3v) is 3.67. The van der Waals surface area contributed by atoms with Crippen molar-refractivity contribution in [1.29, 1.82) is 0 Å². The number of ether oxygens (including phenoxy) is 2. The van der Waals surface area contributed by atoms with Crippen LogP contribution in [0.5, 0.6) is 0 Å². The van der Waals surface area contributed by atoms with Gasteiger partial charge in [0.15, 0.2) is 5.79 Å². The van der Waals surface area contributed by atoms with E-state index in [-0.39, 0.29) is 6.10 Å². The third kappa shape index (κ3) is 1.39. The van der Waals surface area contributed by atoms with Crippen molar-refractivity contribution in [2.75, 3.05) is 14.2 Å². The second-order valence-electron chi connectivity index (χ2n) is 4.35. The van der Waals surface area contributed by atoms with Crippen molar-refractivity contribution in [3.05, 3.63) is 0 Å². The van der Waals surface area contributed by atoms with Gasteiger partial charge < -0.3 is 14.6 Å². The van der Waals surface area contributed by atoms with Crippen LogP contribution in [0.2, 0.25) is 0 Å². The van der Waals surface area contributed by atoms with Gasteiger partial charge in [0.25, 0.3) is 0 Å². The summed E-state index contributed by atoms with van der Waals surface area (Å²) in [5.74, 6) is 0.576. The van der Waals surface area contributed by atoms with Gasteiger partial charge in [0, 0.05) is 26.6 Å². The van der Waals surface area contributed by atoms with Crippen molar-refractivity contribution in [3.63, 3.8) is 0 Å². The lowest BCUT2D eigenvalue weighted by Gasteiger charge is -2.33. The maximum atomic E-state index is 9.60. The van der Waals surface area contributed by atoms with E-state index in [1.54, 1.807) is 14.2 Å². The van der Waals surface area contributed by atoms with E-state index in [4.69, 9.17) is 9.47 Å². The van der Waals surface area contributed by atoms with Gasteiger partial charge in [0.2, 0.25) is 0 Å². The maximum absolute atomic E-state index is 9.60. The quantitative estimate of drug-likeness (QED) is 0.658. The minimum absolute atomic E-state index is 0.143. The number of hydrogen-bond acceptors (Lipinski definition) is 3. The number of rotatable bonds is 2. The van der Waals surface area contributed by atoms with Gasteiger partial charge >= 0.3 is 0 Å². The molecule has 0 saturated heterocycles. The fourth-order valence-corrected chi connectivity index (χ4v) is 3.08. The van der Waals surface area contributed by atoms with Crippen molar-refractivity contribution in [2.45, 2.75) is 37.6 Å². The first-order valence-electron chi connectivity index (χ1n) is 4.98. The molecule has 76 valence electrons. The maximum Gasteiger partial charge on any atom is 0.170 e. The Morgan fingerprint density at radius 2 is 1.85 bits per heavy atom. The van der Waals surface area contributed by atoms with Gasteiger partial charge in [-0.2, -0.15) is 0 Å². The second-order valence-corrected chi connectivity index (χ2v) is 4.35. The van der Waals surface area contributed by atoms with E-state index < -0.39 is 5.79 Å². The molecule has 2 fully saturated rings. The molecule has 0 aromatic rings. The Labute approximate surface area is 79.0 Å². The molecule has 3 nitrogen and oxygen atoms in total. The molecule has 3 atom stereocenters. The van der Waals surface area contributed by atoms with Crippen molar-refractivity contribution in [3.8, 4) is 0 Å². The summed E-state index contributed by atoms with van der Waals surface area (Å²) in [7, 11) is 3.41. The molecular weight excluding hydrogens is 168 g/mol. The lowest BCUT2D eigenvalue weighted by molar-refractivity contribution is -0.229. The monoisotopic (exact) mass is 186 g/mol. The lowest BCUT2D eigenvalue weighted by atomic mass is 9.86. The Hall–Kier alpha value is -0.120. The van der Waals surface area contributed by atoms with E-state index in [1.807, 2.05) is 0 Å². The van der Waals surface area contributed by atoms with Crippen molar-refractivity contribution >= 4 is 0 Å². The minimum atomic E-state index is -0.401. The molecule has 1 N–H and O–H groups in total. The molecule has 2 bridgehead atoms. The molecule has 0 heterocycles. The highest BCUT2D eigenvalue weighted by Gasteiger charge is 2.51. The van der Waals surface area contributed by atoms with E-state index in [0.717, 1.165) is 25.7 Å². The Kier molecular flexibility index (Phi) is 2.34. The van der Waals surface area contributed by atoms with Gasteiger partial charge in [0.05, 0.1) is 6.10 Å². The molecule has 0 amide bonds. The minimum Gasteiger partial charge on any atom is -0.393 e. The molecule has 0 radical (unpaired) electrons. The van der Waals surface area contributed by atoms with Gasteiger partial charge in [-0.25, -0.2) is 0 Å². The van der Waals surface area contributed by atoms with Gasteiger partial charge in [-0.1, -0.05) is 0 Å². The first-order valence-corrected chi connectivity index (χ1v) is 4.98. The van der Waals surface area contributed by atoms with Crippen LogP contribution in [0, 0.1) is 11.8 Å². The van der Waals surface area contributed by atoms with Crippen molar-refractivity contribution < 1.29 is 14.6 Å². The molecular formula is C10H18O3.